The van der Waals surface area contributed by atoms with Gasteiger partial charge in [-0.05, 0) is 44.4 Å². The van der Waals surface area contributed by atoms with E-state index in [4.69, 9.17) is 21.4 Å². The van der Waals surface area contributed by atoms with Crippen LogP contribution in [-0.2, 0) is 47.9 Å². The van der Waals surface area contributed by atoms with Crippen LogP contribution < -0.4 is 43.4 Å². The fourth-order valence-electron chi connectivity index (χ4n) is 5.12. The van der Waals surface area contributed by atoms with Gasteiger partial charge < -0.3 is 58.5 Å². The summed E-state index contributed by atoms with van der Waals surface area (Å²) in [5.41, 5.74) is 10.5. The fraction of sp³-hybridized carbons (Fsp3) is 0.697. The molecule has 1 fully saturated rings. The summed E-state index contributed by atoms with van der Waals surface area (Å²) in [5, 5.41) is 31.3. The van der Waals surface area contributed by atoms with Crippen LogP contribution in [0.15, 0.2) is 0 Å². The third-order valence-corrected chi connectivity index (χ3v) is 8.11. The Kier molecular flexibility index (Phi) is 22.4. The quantitative estimate of drug-likeness (QED) is 0.0546. The second-order valence-electron chi connectivity index (χ2n) is 13.2. The molecular formula is C33H57N9O12. The second kappa shape index (κ2) is 24.8. The molecule has 0 saturated carbocycles. The van der Waals surface area contributed by atoms with Gasteiger partial charge in [-0.2, -0.15) is 0 Å². The van der Waals surface area contributed by atoms with E-state index < -0.39 is 103 Å². The normalized spacial score (nSPS) is 16.1. The predicted molar refractivity (Wildman–Crippen MR) is 191 cm³/mol. The van der Waals surface area contributed by atoms with E-state index in [0.717, 1.165) is 6.92 Å². The molecule has 0 aromatic carbocycles. The van der Waals surface area contributed by atoms with E-state index in [9.17, 15) is 48.3 Å². The van der Waals surface area contributed by atoms with Gasteiger partial charge in [-0.3, -0.25) is 43.2 Å². The Labute approximate surface area is 313 Å². The summed E-state index contributed by atoms with van der Waals surface area (Å²) in [7, 11) is 0. The van der Waals surface area contributed by atoms with E-state index >= 15 is 0 Å². The minimum Gasteiger partial charge on any atom is -0.481 e. The number of aliphatic carboxylic acids is 2. The number of rotatable bonds is 21. The molecular weight excluding hydrogens is 714 g/mol. The molecule has 21 heteroatoms. The molecule has 0 bridgehead atoms. The molecule has 0 aliphatic carbocycles. The van der Waals surface area contributed by atoms with Crippen LogP contribution in [0.2, 0.25) is 0 Å². The number of carbonyl (C=O) groups excluding carboxylic acids is 8. The molecule has 54 heavy (non-hydrogen) atoms. The highest BCUT2D eigenvalue weighted by Gasteiger charge is 2.36. The zero-order chi connectivity index (χ0) is 41.7. The molecule has 0 spiro atoms. The molecule has 1 heterocycles. The Morgan fingerprint density at radius 2 is 1.35 bits per heavy atom. The number of carbonyl (C=O) groups is 10. The van der Waals surface area contributed by atoms with Gasteiger partial charge in [0, 0.05) is 19.9 Å². The van der Waals surface area contributed by atoms with Crippen molar-refractivity contribution < 1.29 is 58.2 Å². The Balaban J connectivity index is 0.00000666. The van der Waals surface area contributed by atoms with Crippen LogP contribution in [0.4, 0.5) is 0 Å². The van der Waals surface area contributed by atoms with Gasteiger partial charge in [-0.25, -0.2) is 4.79 Å². The van der Waals surface area contributed by atoms with Crippen molar-refractivity contribution in [3.8, 4) is 0 Å². The molecule has 12 N–H and O–H groups in total. The summed E-state index contributed by atoms with van der Waals surface area (Å²) in [5.74, 6) is -7.90. The number of hydrogen-bond donors (Lipinski definition) is 10. The van der Waals surface area contributed by atoms with Gasteiger partial charge in [-0.15, -0.1) is 0 Å². The van der Waals surface area contributed by atoms with Gasteiger partial charge in [0.2, 0.25) is 47.3 Å². The van der Waals surface area contributed by atoms with Gasteiger partial charge in [0.1, 0.15) is 30.2 Å². The Morgan fingerprint density at radius 3 is 1.85 bits per heavy atom. The lowest BCUT2D eigenvalue weighted by atomic mass is 9.98. The first-order valence-corrected chi connectivity index (χ1v) is 17.6. The van der Waals surface area contributed by atoms with Crippen LogP contribution >= 0.6 is 0 Å². The molecule has 0 unspecified atom stereocenters. The van der Waals surface area contributed by atoms with E-state index in [2.05, 4.69) is 31.9 Å². The molecule has 0 aromatic rings. The number of amides is 8. The summed E-state index contributed by atoms with van der Waals surface area (Å²) in [6.07, 6.45) is 1.24. The largest absolute Gasteiger partial charge is 0.481 e. The van der Waals surface area contributed by atoms with Crippen molar-refractivity contribution in [2.24, 2.45) is 23.3 Å². The smallest absolute Gasteiger partial charge is 0.326 e. The summed E-state index contributed by atoms with van der Waals surface area (Å²) >= 11 is 0. The average Bonchev–Trinajstić information content (AvgIpc) is 3.59. The van der Waals surface area contributed by atoms with E-state index in [1.54, 1.807) is 13.8 Å². The zero-order valence-corrected chi connectivity index (χ0v) is 31.7. The van der Waals surface area contributed by atoms with E-state index in [0.29, 0.717) is 25.8 Å². The lowest BCUT2D eigenvalue weighted by molar-refractivity contribution is -0.142. The summed E-state index contributed by atoms with van der Waals surface area (Å²) in [4.78, 5) is 122. The van der Waals surface area contributed by atoms with Gasteiger partial charge in [-0.1, -0.05) is 34.1 Å². The van der Waals surface area contributed by atoms with Crippen molar-refractivity contribution in [3.63, 3.8) is 0 Å². The zero-order valence-electron chi connectivity index (χ0n) is 31.7. The summed E-state index contributed by atoms with van der Waals surface area (Å²) < 4.78 is 0. The van der Waals surface area contributed by atoms with Crippen molar-refractivity contribution in [2.75, 3.05) is 26.2 Å². The Hall–Kier alpha value is -5.34. The minimum absolute atomic E-state index is 0.00720. The van der Waals surface area contributed by atoms with Crippen LogP contribution in [0.1, 0.15) is 80.1 Å². The van der Waals surface area contributed by atoms with Crippen molar-refractivity contribution >= 4 is 59.2 Å². The Morgan fingerprint density at radius 1 is 0.796 bits per heavy atom. The number of nitrogens with zero attached hydrogens (tertiary/aromatic N) is 1. The summed E-state index contributed by atoms with van der Waals surface area (Å²) in [6.45, 7) is 8.62. The first kappa shape index (κ1) is 48.7. The summed E-state index contributed by atoms with van der Waals surface area (Å²) in [6, 6.07) is -5.42. The number of carboxylic acids is 2. The highest BCUT2D eigenvalue weighted by Crippen LogP contribution is 2.18. The van der Waals surface area contributed by atoms with Crippen molar-refractivity contribution in [1.82, 2.24) is 36.8 Å². The fourth-order valence-corrected chi connectivity index (χ4v) is 5.12. The van der Waals surface area contributed by atoms with Crippen LogP contribution in [0, 0.1) is 11.8 Å². The van der Waals surface area contributed by atoms with Crippen LogP contribution in [0.25, 0.3) is 0 Å². The number of hydrogen-bond acceptors (Lipinski definition) is 11. The van der Waals surface area contributed by atoms with E-state index in [1.807, 2.05) is 13.8 Å². The third kappa shape index (κ3) is 18.9. The molecule has 1 aliphatic heterocycles. The number of likely N-dealkylation sites (tertiary alicyclic amines) is 1. The average molecular weight is 772 g/mol. The molecule has 1 aliphatic rings. The van der Waals surface area contributed by atoms with E-state index in [-0.39, 0.29) is 37.6 Å². The number of nitrogens with two attached hydrogens (primary N) is 2. The molecule has 0 radical (unpaired) electrons. The number of carboxylic acid groups (broad SMARTS) is 2. The highest BCUT2D eigenvalue weighted by molar-refractivity contribution is 5.96. The van der Waals surface area contributed by atoms with Gasteiger partial charge in [0.25, 0.3) is 5.97 Å². The van der Waals surface area contributed by atoms with Crippen LogP contribution in [-0.4, -0.2) is 131 Å². The van der Waals surface area contributed by atoms with Gasteiger partial charge in [0.15, 0.2) is 0 Å². The van der Waals surface area contributed by atoms with Crippen LogP contribution in [0.3, 0.4) is 0 Å². The topological polar surface area (TPSA) is 339 Å². The highest BCUT2D eigenvalue weighted by atomic mass is 16.4. The number of nitrogens with one attached hydrogen (secondary N) is 6. The monoisotopic (exact) mass is 771 g/mol. The standard InChI is InChI=1S/C31H53N9O10.C2H4O2/c1-6-17(4)26(30(48)36-18(5)27(45)34-14-23(42)37-19(31(49)50)9-10-22(33)41)39-24(43)15-35-28(46)20(12-16(2)3)38-29(47)21-8-7-11-40(21)25(44)13-32;1-2(3)4/h16-21,26H,6-15,32H2,1-5H3,(H2,33,41)(H,34,45)(H,35,46)(H,36,48)(H,37,42)(H,38,47)(H,39,43)(H,49,50);1H3,(H,3,4)/t17-,18-,19-,20-,21-,26-;/m0./s1. The van der Waals surface area contributed by atoms with E-state index in [1.165, 1.54) is 11.8 Å². The van der Waals surface area contributed by atoms with Crippen molar-refractivity contribution in [3.05, 3.63) is 0 Å². The predicted octanol–water partition coefficient (Wildman–Crippen LogP) is -3.34. The molecule has 21 nitrogen and oxygen atoms in total. The first-order chi connectivity index (χ1) is 25.1. The molecule has 6 atom stereocenters. The van der Waals surface area contributed by atoms with Crippen LogP contribution in [0.5, 0.6) is 0 Å². The van der Waals surface area contributed by atoms with Crippen molar-refractivity contribution in [1.29, 1.82) is 0 Å². The minimum atomic E-state index is -1.40. The lowest BCUT2D eigenvalue weighted by Gasteiger charge is -2.27. The molecule has 0 aromatic heterocycles. The molecule has 1 saturated heterocycles. The SMILES string of the molecule is CC(=O)O.CC[C@H](C)[C@H](NC(=O)CNC(=O)[C@H](CC(C)C)NC(=O)[C@@H]1CCCN1C(=O)CN)C(=O)N[C@@H](C)C(=O)NCC(=O)N[C@@H](CCC(N)=O)C(=O)O. The lowest BCUT2D eigenvalue weighted by Crippen LogP contribution is -2.57. The Bertz CT molecular complexity index is 1360. The first-order valence-electron chi connectivity index (χ1n) is 17.6. The molecule has 306 valence electrons. The van der Waals surface area contributed by atoms with Crippen molar-refractivity contribution in [2.45, 2.75) is 110 Å². The number of primary amides is 1. The van der Waals surface area contributed by atoms with Gasteiger partial charge in [0.05, 0.1) is 19.6 Å². The molecule has 1 rings (SSSR count). The van der Waals surface area contributed by atoms with Gasteiger partial charge >= 0.3 is 5.97 Å². The maximum absolute atomic E-state index is 13.1. The third-order valence-electron chi connectivity index (χ3n) is 8.11. The maximum atomic E-state index is 13.1. The molecule has 8 amide bonds. The second-order valence-corrected chi connectivity index (χ2v) is 13.2. The maximum Gasteiger partial charge on any atom is 0.326 e.